The molecule has 0 radical (unpaired) electrons. The van der Waals surface area contributed by atoms with Crippen LogP contribution in [-0.4, -0.2) is 75.2 Å². The molecule has 0 bridgehead atoms. The Hall–Kier alpha value is -0.950. The topological polar surface area (TPSA) is 44.8 Å². The predicted octanol–water partition coefficient (Wildman–Crippen LogP) is 0.671. The molecule has 1 aromatic rings. The lowest BCUT2D eigenvalue weighted by Crippen LogP contribution is -2.50. The molecule has 1 saturated heterocycles. The number of carbonyl (C=O) groups is 1. The molecule has 1 aromatic heterocycles. The lowest BCUT2D eigenvalue weighted by molar-refractivity contribution is -0.122. The van der Waals surface area contributed by atoms with Gasteiger partial charge < -0.3 is 10.1 Å². The molecule has 21 heavy (non-hydrogen) atoms. The van der Waals surface area contributed by atoms with Gasteiger partial charge in [-0.05, 0) is 28.8 Å². The van der Waals surface area contributed by atoms with Crippen molar-refractivity contribution in [3.63, 3.8) is 0 Å². The van der Waals surface area contributed by atoms with Crippen LogP contribution in [0.5, 0.6) is 0 Å². The van der Waals surface area contributed by atoms with Crippen LogP contribution < -0.4 is 5.32 Å². The molecule has 6 heteroatoms. The standard InChI is InChI=1S/C15H25N3O2S/c1-20-10-9-17-5-7-18(8-6-17)12-15(19)16-4-2-14-3-11-21-13-14/h3,11,13H,2,4-10,12H2,1H3,(H,16,19). The van der Waals surface area contributed by atoms with Gasteiger partial charge in [-0.2, -0.15) is 11.3 Å². The van der Waals surface area contributed by atoms with Crippen molar-refractivity contribution in [3.05, 3.63) is 22.4 Å². The lowest BCUT2D eigenvalue weighted by Gasteiger charge is -2.34. The molecule has 0 saturated carbocycles. The lowest BCUT2D eigenvalue weighted by atomic mass is 10.2. The van der Waals surface area contributed by atoms with E-state index in [1.54, 1.807) is 18.4 Å². The minimum atomic E-state index is 0.135. The third-order valence-electron chi connectivity index (χ3n) is 3.76. The second kappa shape index (κ2) is 9.15. The van der Waals surface area contributed by atoms with Gasteiger partial charge in [-0.1, -0.05) is 0 Å². The average Bonchev–Trinajstić information content (AvgIpc) is 3.00. The number of nitrogens with zero attached hydrogens (tertiary/aromatic N) is 2. The fourth-order valence-corrected chi connectivity index (χ4v) is 3.13. The Morgan fingerprint density at radius 2 is 2.10 bits per heavy atom. The van der Waals surface area contributed by atoms with E-state index in [0.717, 1.165) is 52.3 Å². The van der Waals surface area contributed by atoms with Crippen LogP contribution >= 0.6 is 11.3 Å². The zero-order chi connectivity index (χ0) is 14.9. The van der Waals surface area contributed by atoms with E-state index in [1.165, 1.54) is 5.56 Å². The van der Waals surface area contributed by atoms with E-state index >= 15 is 0 Å². The molecule has 1 aliphatic rings. The summed E-state index contributed by atoms with van der Waals surface area (Å²) in [6.45, 7) is 6.96. The van der Waals surface area contributed by atoms with Gasteiger partial charge in [-0.3, -0.25) is 14.6 Å². The van der Waals surface area contributed by atoms with Crippen molar-refractivity contribution < 1.29 is 9.53 Å². The van der Waals surface area contributed by atoms with Crippen molar-refractivity contribution >= 4 is 17.2 Å². The van der Waals surface area contributed by atoms with Gasteiger partial charge in [0.2, 0.25) is 5.91 Å². The van der Waals surface area contributed by atoms with Crippen LogP contribution in [0.3, 0.4) is 0 Å². The zero-order valence-electron chi connectivity index (χ0n) is 12.7. The van der Waals surface area contributed by atoms with Crippen LogP contribution in [0.2, 0.25) is 0 Å². The Labute approximate surface area is 130 Å². The van der Waals surface area contributed by atoms with Crippen LogP contribution in [-0.2, 0) is 16.0 Å². The fourth-order valence-electron chi connectivity index (χ4n) is 2.43. The molecule has 0 spiro atoms. The molecule has 2 rings (SSSR count). The maximum absolute atomic E-state index is 11.9. The van der Waals surface area contributed by atoms with Gasteiger partial charge in [0, 0.05) is 46.4 Å². The Morgan fingerprint density at radius 1 is 1.33 bits per heavy atom. The number of hydrogen-bond donors (Lipinski definition) is 1. The van der Waals surface area contributed by atoms with Gasteiger partial charge in [0.25, 0.3) is 0 Å². The molecule has 0 atom stereocenters. The Bertz CT molecular complexity index is 403. The number of amides is 1. The maximum Gasteiger partial charge on any atom is 0.234 e. The van der Waals surface area contributed by atoms with Crippen LogP contribution in [0.4, 0.5) is 0 Å². The first-order chi connectivity index (χ1) is 10.3. The molecule has 1 N–H and O–H groups in total. The normalized spacial score (nSPS) is 17.0. The van der Waals surface area contributed by atoms with E-state index in [2.05, 4.69) is 31.9 Å². The summed E-state index contributed by atoms with van der Waals surface area (Å²) >= 11 is 1.70. The van der Waals surface area contributed by atoms with E-state index < -0.39 is 0 Å². The molecule has 2 heterocycles. The highest BCUT2D eigenvalue weighted by molar-refractivity contribution is 7.07. The summed E-state index contributed by atoms with van der Waals surface area (Å²) in [5, 5.41) is 7.20. The van der Waals surface area contributed by atoms with E-state index in [-0.39, 0.29) is 5.91 Å². The molecule has 5 nitrogen and oxygen atoms in total. The van der Waals surface area contributed by atoms with E-state index in [9.17, 15) is 4.79 Å². The molecule has 118 valence electrons. The van der Waals surface area contributed by atoms with Crippen molar-refractivity contribution in [3.8, 4) is 0 Å². The number of thiophene rings is 1. The molecular weight excluding hydrogens is 286 g/mol. The minimum Gasteiger partial charge on any atom is -0.383 e. The van der Waals surface area contributed by atoms with Crippen molar-refractivity contribution in [1.82, 2.24) is 15.1 Å². The van der Waals surface area contributed by atoms with Gasteiger partial charge in [-0.25, -0.2) is 0 Å². The Kier molecular flexibility index (Phi) is 7.15. The number of ether oxygens (including phenoxy) is 1. The Balaban J connectivity index is 1.56. The van der Waals surface area contributed by atoms with E-state index in [0.29, 0.717) is 6.54 Å². The predicted molar refractivity (Wildman–Crippen MR) is 85.8 cm³/mol. The largest absolute Gasteiger partial charge is 0.383 e. The summed E-state index contributed by atoms with van der Waals surface area (Å²) in [7, 11) is 1.73. The van der Waals surface area contributed by atoms with Crippen LogP contribution in [0, 0.1) is 0 Å². The van der Waals surface area contributed by atoms with Gasteiger partial charge in [-0.15, -0.1) is 0 Å². The van der Waals surface area contributed by atoms with Gasteiger partial charge in [0.15, 0.2) is 0 Å². The SMILES string of the molecule is COCCN1CCN(CC(=O)NCCc2ccsc2)CC1. The van der Waals surface area contributed by atoms with Crippen molar-refractivity contribution in [1.29, 1.82) is 0 Å². The highest BCUT2D eigenvalue weighted by Crippen LogP contribution is 2.05. The summed E-state index contributed by atoms with van der Waals surface area (Å²) in [5.74, 6) is 0.135. The fraction of sp³-hybridized carbons (Fsp3) is 0.667. The van der Waals surface area contributed by atoms with Crippen LogP contribution in [0.1, 0.15) is 5.56 Å². The number of methoxy groups -OCH3 is 1. The highest BCUT2D eigenvalue weighted by atomic mass is 32.1. The summed E-state index contributed by atoms with van der Waals surface area (Å²) in [6.07, 6.45) is 0.917. The third-order valence-corrected chi connectivity index (χ3v) is 4.49. The van der Waals surface area contributed by atoms with Crippen molar-refractivity contribution in [2.45, 2.75) is 6.42 Å². The summed E-state index contributed by atoms with van der Waals surface area (Å²) < 4.78 is 5.09. The quantitative estimate of drug-likeness (QED) is 0.766. The molecule has 1 fully saturated rings. The smallest absolute Gasteiger partial charge is 0.234 e. The highest BCUT2D eigenvalue weighted by Gasteiger charge is 2.18. The monoisotopic (exact) mass is 311 g/mol. The van der Waals surface area contributed by atoms with Crippen LogP contribution in [0.15, 0.2) is 16.8 Å². The first-order valence-electron chi connectivity index (χ1n) is 7.49. The van der Waals surface area contributed by atoms with Gasteiger partial charge >= 0.3 is 0 Å². The number of rotatable bonds is 8. The minimum absolute atomic E-state index is 0.135. The Morgan fingerprint density at radius 3 is 2.76 bits per heavy atom. The molecule has 0 aliphatic carbocycles. The molecule has 0 unspecified atom stereocenters. The summed E-state index contributed by atoms with van der Waals surface area (Å²) in [6, 6.07) is 2.11. The zero-order valence-corrected chi connectivity index (χ0v) is 13.5. The third kappa shape index (κ3) is 6.13. The van der Waals surface area contributed by atoms with Crippen molar-refractivity contribution in [2.24, 2.45) is 0 Å². The molecule has 1 aliphatic heterocycles. The molecular formula is C15H25N3O2S. The molecule has 0 aromatic carbocycles. The van der Waals surface area contributed by atoms with Crippen LogP contribution in [0.25, 0.3) is 0 Å². The number of hydrogen-bond acceptors (Lipinski definition) is 5. The number of piperazine rings is 1. The second-order valence-corrected chi connectivity index (χ2v) is 6.12. The summed E-state index contributed by atoms with van der Waals surface area (Å²) in [5.41, 5.74) is 1.30. The van der Waals surface area contributed by atoms with Gasteiger partial charge in [0.05, 0.1) is 13.2 Å². The molecule has 1 amide bonds. The first kappa shape index (κ1) is 16.4. The van der Waals surface area contributed by atoms with Gasteiger partial charge in [0.1, 0.15) is 0 Å². The van der Waals surface area contributed by atoms with E-state index in [4.69, 9.17) is 4.74 Å². The first-order valence-corrected chi connectivity index (χ1v) is 8.43. The number of carbonyl (C=O) groups excluding carboxylic acids is 1. The van der Waals surface area contributed by atoms with E-state index in [1.807, 2.05) is 0 Å². The number of nitrogens with one attached hydrogen (secondary N) is 1. The maximum atomic E-state index is 11.9. The van der Waals surface area contributed by atoms with Crippen molar-refractivity contribution in [2.75, 3.05) is 59.5 Å². The average molecular weight is 311 g/mol. The summed E-state index contributed by atoms with van der Waals surface area (Å²) in [4.78, 5) is 16.5. The second-order valence-electron chi connectivity index (χ2n) is 5.34.